The number of urea groups is 1. The molecule has 0 bridgehead atoms. The number of carbonyl (C=O) groups excluding carboxylic acids is 1. The predicted octanol–water partition coefficient (Wildman–Crippen LogP) is 3.36. The third kappa shape index (κ3) is 3.26. The summed E-state index contributed by atoms with van der Waals surface area (Å²) in [6, 6.07) is 7.67. The van der Waals surface area contributed by atoms with Crippen LogP contribution in [0, 0.1) is 12.8 Å². The molecule has 1 aliphatic rings. The topological polar surface area (TPSA) is 89.1 Å². The highest BCUT2D eigenvalue weighted by Gasteiger charge is 2.31. The maximum absolute atomic E-state index is 12.6. The molecule has 0 aliphatic heterocycles. The molecule has 8 nitrogen and oxygen atoms in total. The second-order valence-corrected chi connectivity index (χ2v) is 7.07. The first-order chi connectivity index (χ1) is 12.5. The van der Waals surface area contributed by atoms with E-state index in [0.717, 1.165) is 17.1 Å². The van der Waals surface area contributed by atoms with E-state index in [4.69, 9.17) is 4.63 Å². The van der Waals surface area contributed by atoms with E-state index in [2.05, 4.69) is 27.7 Å². The van der Waals surface area contributed by atoms with Crippen LogP contribution in [0.3, 0.4) is 0 Å². The Balaban J connectivity index is 1.45. The minimum absolute atomic E-state index is 0.174. The lowest BCUT2D eigenvalue weighted by Gasteiger charge is -2.20. The van der Waals surface area contributed by atoms with E-state index >= 15 is 0 Å². The van der Waals surface area contributed by atoms with Crippen LogP contribution in [0.15, 0.2) is 28.9 Å². The Hall–Kier alpha value is -2.90. The van der Waals surface area contributed by atoms with E-state index in [0.29, 0.717) is 29.5 Å². The van der Waals surface area contributed by atoms with Crippen molar-refractivity contribution in [1.29, 1.82) is 0 Å². The molecule has 0 radical (unpaired) electrons. The fourth-order valence-electron chi connectivity index (χ4n) is 3.18. The highest BCUT2D eigenvalue weighted by Crippen LogP contribution is 2.40. The standard InChI is InChI=1S/C18H22N6O2/c1-11-8-17(24(20-11)12(2)14-5-6-14)19-18(25)23(3)10-13-4-7-15-16(9-13)22-26-21-15/h4,7-9,12,14H,5-6,10H2,1-3H3,(H,19,25)/t12-/m1/s1. The molecule has 1 atom stereocenters. The molecule has 2 amide bonds. The Kier molecular flexibility index (Phi) is 4.10. The summed E-state index contributed by atoms with van der Waals surface area (Å²) in [4.78, 5) is 14.3. The molecular weight excluding hydrogens is 332 g/mol. The van der Waals surface area contributed by atoms with Crippen molar-refractivity contribution in [2.45, 2.75) is 39.3 Å². The van der Waals surface area contributed by atoms with Gasteiger partial charge in [0.15, 0.2) is 0 Å². The van der Waals surface area contributed by atoms with Crippen LogP contribution in [0.5, 0.6) is 0 Å². The summed E-state index contributed by atoms with van der Waals surface area (Å²) >= 11 is 0. The number of nitrogens with one attached hydrogen (secondary N) is 1. The highest BCUT2D eigenvalue weighted by atomic mass is 16.6. The summed E-state index contributed by atoms with van der Waals surface area (Å²) in [5.74, 6) is 1.40. The van der Waals surface area contributed by atoms with Gasteiger partial charge < -0.3 is 4.90 Å². The van der Waals surface area contributed by atoms with E-state index in [9.17, 15) is 4.79 Å². The SMILES string of the molecule is Cc1cc(NC(=O)N(C)Cc2ccc3nonc3c2)n([C@H](C)C2CC2)n1. The number of aromatic nitrogens is 4. The van der Waals surface area contributed by atoms with Crippen LogP contribution < -0.4 is 5.32 Å². The number of carbonyl (C=O) groups is 1. The van der Waals surface area contributed by atoms with Gasteiger partial charge in [-0.3, -0.25) is 5.32 Å². The van der Waals surface area contributed by atoms with Crippen molar-refractivity contribution in [2.75, 3.05) is 12.4 Å². The molecule has 3 aromatic rings. The van der Waals surface area contributed by atoms with Gasteiger partial charge in [-0.15, -0.1) is 0 Å². The van der Waals surface area contributed by atoms with Crippen molar-refractivity contribution in [3.63, 3.8) is 0 Å². The third-order valence-electron chi connectivity index (χ3n) is 4.87. The number of benzene rings is 1. The van der Waals surface area contributed by atoms with Gasteiger partial charge in [0.25, 0.3) is 0 Å². The molecule has 136 valence electrons. The van der Waals surface area contributed by atoms with E-state index in [1.54, 1.807) is 11.9 Å². The molecule has 2 aromatic heterocycles. The van der Waals surface area contributed by atoms with Crippen LogP contribution >= 0.6 is 0 Å². The van der Waals surface area contributed by atoms with Crippen LogP contribution in [-0.2, 0) is 6.54 Å². The Morgan fingerprint density at radius 1 is 1.35 bits per heavy atom. The summed E-state index contributed by atoms with van der Waals surface area (Å²) in [5.41, 5.74) is 3.25. The van der Waals surface area contributed by atoms with Gasteiger partial charge in [-0.1, -0.05) is 6.07 Å². The Bertz CT molecular complexity index is 942. The largest absolute Gasteiger partial charge is 0.323 e. The van der Waals surface area contributed by atoms with Gasteiger partial charge in [0.2, 0.25) is 0 Å². The molecule has 0 saturated heterocycles. The van der Waals surface area contributed by atoms with E-state index in [1.807, 2.05) is 35.9 Å². The van der Waals surface area contributed by atoms with Crippen molar-refractivity contribution in [3.8, 4) is 0 Å². The molecule has 1 saturated carbocycles. The molecule has 2 heterocycles. The van der Waals surface area contributed by atoms with Gasteiger partial charge in [0.1, 0.15) is 16.9 Å². The Morgan fingerprint density at radius 3 is 2.88 bits per heavy atom. The maximum Gasteiger partial charge on any atom is 0.323 e. The Morgan fingerprint density at radius 2 is 2.12 bits per heavy atom. The van der Waals surface area contributed by atoms with Gasteiger partial charge in [-0.2, -0.15) is 5.10 Å². The summed E-state index contributed by atoms with van der Waals surface area (Å²) in [6.07, 6.45) is 2.46. The fourth-order valence-corrected chi connectivity index (χ4v) is 3.18. The normalized spacial score (nSPS) is 15.2. The van der Waals surface area contributed by atoms with E-state index in [-0.39, 0.29) is 6.03 Å². The van der Waals surface area contributed by atoms with Crippen LogP contribution in [-0.4, -0.2) is 38.1 Å². The smallest absolute Gasteiger partial charge is 0.323 e. The maximum atomic E-state index is 12.6. The average Bonchev–Trinajstić information content (AvgIpc) is 3.25. The van der Waals surface area contributed by atoms with Crippen LogP contribution in [0.2, 0.25) is 0 Å². The number of anilines is 1. The number of hydrogen-bond acceptors (Lipinski definition) is 5. The molecule has 1 N–H and O–H groups in total. The van der Waals surface area contributed by atoms with Gasteiger partial charge >= 0.3 is 6.03 Å². The second-order valence-electron chi connectivity index (χ2n) is 7.07. The van der Waals surface area contributed by atoms with Crippen molar-refractivity contribution in [3.05, 3.63) is 35.5 Å². The minimum Gasteiger partial charge on any atom is -0.323 e. The lowest BCUT2D eigenvalue weighted by molar-refractivity contribution is 0.220. The van der Waals surface area contributed by atoms with E-state index in [1.165, 1.54) is 12.8 Å². The zero-order valence-electron chi connectivity index (χ0n) is 15.1. The van der Waals surface area contributed by atoms with Crippen LogP contribution in [0.25, 0.3) is 11.0 Å². The van der Waals surface area contributed by atoms with Gasteiger partial charge in [-0.05, 0) is 60.6 Å². The number of aryl methyl sites for hydroxylation is 1. The molecule has 8 heteroatoms. The molecular formula is C18H22N6O2. The van der Waals surface area contributed by atoms with Gasteiger partial charge in [0.05, 0.1) is 11.7 Å². The first-order valence-electron chi connectivity index (χ1n) is 8.81. The molecule has 1 fully saturated rings. The van der Waals surface area contributed by atoms with E-state index < -0.39 is 0 Å². The molecule has 1 aromatic carbocycles. The number of nitrogens with zero attached hydrogens (tertiary/aromatic N) is 5. The molecule has 4 rings (SSSR count). The van der Waals surface area contributed by atoms with Crippen LogP contribution in [0.4, 0.5) is 10.6 Å². The first kappa shape index (κ1) is 16.6. The van der Waals surface area contributed by atoms with Crippen molar-refractivity contribution < 1.29 is 9.42 Å². The molecule has 1 aliphatic carbocycles. The van der Waals surface area contributed by atoms with Crippen molar-refractivity contribution in [1.82, 2.24) is 25.0 Å². The molecule has 0 unspecified atom stereocenters. The van der Waals surface area contributed by atoms with Crippen molar-refractivity contribution >= 4 is 22.9 Å². The first-order valence-corrected chi connectivity index (χ1v) is 8.81. The zero-order chi connectivity index (χ0) is 18.3. The summed E-state index contributed by atoms with van der Waals surface area (Å²) < 4.78 is 6.65. The molecule has 0 spiro atoms. The van der Waals surface area contributed by atoms with Crippen molar-refractivity contribution in [2.24, 2.45) is 5.92 Å². The lowest BCUT2D eigenvalue weighted by atomic mass is 10.2. The Labute approximate surface area is 151 Å². The number of rotatable bonds is 5. The third-order valence-corrected chi connectivity index (χ3v) is 4.87. The average molecular weight is 354 g/mol. The summed E-state index contributed by atoms with van der Waals surface area (Å²) in [7, 11) is 1.76. The lowest BCUT2D eigenvalue weighted by Crippen LogP contribution is -2.32. The van der Waals surface area contributed by atoms with Crippen LogP contribution in [0.1, 0.15) is 37.1 Å². The second kappa shape index (κ2) is 6.44. The zero-order valence-corrected chi connectivity index (χ0v) is 15.1. The van der Waals surface area contributed by atoms with Gasteiger partial charge in [-0.25, -0.2) is 14.1 Å². The number of fused-ring (bicyclic) bond motifs is 1. The summed E-state index contributed by atoms with van der Waals surface area (Å²) in [5, 5.41) is 15.2. The quantitative estimate of drug-likeness (QED) is 0.759. The fraction of sp³-hybridized carbons (Fsp3) is 0.444. The number of amides is 2. The highest BCUT2D eigenvalue weighted by molar-refractivity contribution is 5.88. The van der Waals surface area contributed by atoms with Gasteiger partial charge in [0, 0.05) is 19.7 Å². The monoisotopic (exact) mass is 354 g/mol. The molecule has 26 heavy (non-hydrogen) atoms. The predicted molar refractivity (Wildman–Crippen MR) is 96.7 cm³/mol. The minimum atomic E-state index is -0.174. The number of hydrogen-bond donors (Lipinski definition) is 1. The summed E-state index contributed by atoms with van der Waals surface area (Å²) in [6.45, 7) is 4.56.